The van der Waals surface area contributed by atoms with E-state index in [9.17, 15) is 9.90 Å². The van der Waals surface area contributed by atoms with Crippen molar-refractivity contribution in [3.05, 3.63) is 22.8 Å². The first kappa shape index (κ1) is 14.4. The van der Waals surface area contributed by atoms with Gasteiger partial charge in [0.25, 0.3) is 0 Å². The molecule has 0 radical (unpaired) electrons. The van der Waals surface area contributed by atoms with Crippen LogP contribution < -0.4 is 9.47 Å². The molecule has 4 heteroatoms. The van der Waals surface area contributed by atoms with Gasteiger partial charge in [-0.1, -0.05) is 6.92 Å². The van der Waals surface area contributed by atoms with Crippen molar-refractivity contribution in [1.82, 2.24) is 0 Å². The normalized spacial score (nSPS) is 12.1. The van der Waals surface area contributed by atoms with Crippen LogP contribution in [0.2, 0.25) is 0 Å². The van der Waals surface area contributed by atoms with Crippen molar-refractivity contribution >= 4 is 5.97 Å². The van der Waals surface area contributed by atoms with Crippen LogP contribution in [0.4, 0.5) is 0 Å². The van der Waals surface area contributed by atoms with Crippen molar-refractivity contribution in [3.63, 3.8) is 0 Å². The van der Waals surface area contributed by atoms with Gasteiger partial charge in [0.15, 0.2) is 0 Å². The van der Waals surface area contributed by atoms with E-state index in [1.165, 1.54) is 0 Å². The zero-order valence-electron chi connectivity index (χ0n) is 11.5. The number of methoxy groups -OCH3 is 2. The van der Waals surface area contributed by atoms with E-state index in [-0.39, 0.29) is 0 Å². The third-order valence-corrected chi connectivity index (χ3v) is 3.33. The van der Waals surface area contributed by atoms with Gasteiger partial charge in [-0.3, -0.25) is 4.79 Å². The molecule has 0 saturated heterocycles. The first-order valence-corrected chi connectivity index (χ1v) is 5.92. The maximum absolute atomic E-state index is 11.3. The standard InChI is InChI=1S/C14H20O4/c1-6-10(14(15)16)11-7-12(17-4)8(2)9(3)13(11)18-5/h7,10H,6H2,1-5H3,(H,15,16). The van der Waals surface area contributed by atoms with Crippen LogP contribution in [0.5, 0.6) is 11.5 Å². The van der Waals surface area contributed by atoms with Crippen molar-refractivity contribution in [3.8, 4) is 11.5 Å². The molecule has 0 amide bonds. The highest BCUT2D eigenvalue weighted by Gasteiger charge is 2.25. The van der Waals surface area contributed by atoms with Crippen LogP contribution in [0.15, 0.2) is 6.07 Å². The van der Waals surface area contributed by atoms with E-state index in [1.54, 1.807) is 20.3 Å². The molecule has 1 unspecified atom stereocenters. The first-order valence-electron chi connectivity index (χ1n) is 5.92. The van der Waals surface area contributed by atoms with E-state index in [2.05, 4.69) is 0 Å². The van der Waals surface area contributed by atoms with Crippen LogP contribution >= 0.6 is 0 Å². The average Bonchev–Trinajstić information content (AvgIpc) is 2.34. The molecule has 100 valence electrons. The number of carboxylic acid groups (broad SMARTS) is 1. The molecular weight excluding hydrogens is 232 g/mol. The minimum atomic E-state index is -0.846. The number of aliphatic carboxylic acids is 1. The Balaban J connectivity index is 3.50. The summed E-state index contributed by atoms with van der Waals surface area (Å²) < 4.78 is 10.7. The molecule has 0 spiro atoms. The fourth-order valence-corrected chi connectivity index (χ4v) is 2.16. The Bertz CT molecular complexity index is 452. The summed E-state index contributed by atoms with van der Waals surface area (Å²) in [5.74, 6) is -0.0835. The summed E-state index contributed by atoms with van der Waals surface area (Å²) in [4.78, 5) is 11.3. The minimum Gasteiger partial charge on any atom is -0.496 e. The highest BCUT2D eigenvalue weighted by atomic mass is 16.5. The van der Waals surface area contributed by atoms with E-state index in [0.29, 0.717) is 23.5 Å². The molecule has 18 heavy (non-hydrogen) atoms. The predicted octanol–water partition coefficient (Wildman–Crippen LogP) is 2.90. The summed E-state index contributed by atoms with van der Waals surface area (Å²) in [6.07, 6.45) is 0.511. The van der Waals surface area contributed by atoms with Gasteiger partial charge in [-0.25, -0.2) is 0 Å². The van der Waals surface area contributed by atoms with Gasteiger partial charge in [-0.05, 0) is 37.5 Å². The largest absolute Gasteiger partial charge is 0.496 e. The molecule has 0 bridgehead atoms. The number of hydrogen-bond acceptors (Lipinski definition) is 3. The Hall–Kier alpha value is -1.71. The van der Waals surface area contributed by atoms with E-state index in [1.807, 2.05) is 20.8 Å². The lowest BCUT2D eigenvalue weighted by molar-refractivity contribution is -0.138. The van der Waals surface area contributed by atoms with Gasteiger partial charge in [0.1, 0.15) is 11.5 Å². The summed E-state index contributed by atoms with van der Waals surface area (Å²) in [5.41, 5.74) is 2.57. The molecule has 0 aromatic heterocycles. The van der Waals surface area contributed by atoms with Gasteiger partial charge in [-0.2, -0.15) is 0 Å². The van der Waals surface area contributed by atoms with E-state index < -0.39 is 11.9 Å². The molecule has 1 N–H and O–H groups in total. The van der Waals surface area contributed by atoms with Crippen molar-refractivity contribution < 1.29 is 19.4 Å². The Morgan fingerprint density at radius 1 is 1.28 bits per heavy atom. The fourth-order valence-electron chi connectivity index (χ4n) is 2.16. The van der Waals surface area contributed by atoms with Crippen LogP contribution in [-0.2, 0) is 4.79 Å². The fraction of sp³-hybridized carbons (Fsp3) is 0.500. The topological polar surface area (TPSA) is 55.8 Å². The average molecular weight is 252 g/mol. The van der Waals surface area contributed by atoms with Crippen LogP contribution in [0.25, 0.3) is 0 Å². The van der Waals surface area contributed by atoms with Crippen molar-refractivity contribution in [2.24, 2.45) is 0 Å². The van der Waals surface area contributed by atoms with Crippen molar-refractivity contribution in [1.29, 1.82) is 0 Å². The maximum atomic E-state index is 11.3. The second-order valence-corrected chi connectivity index (χ2v) is 4.25. The Morgan fingerprint density at radius 2 is 1.89 bits per heavy atom. The number of rotatable bonds is 5. The monoisotopic (exact) mass is 252 g/mol. The number of benzene rings is 1. The lowest BCUT2D eigenvalue weighted by atomic mass is 9.91. The molecule has 0 saturated carbocycles. The third-order valence-electron chi connectivity index (χ3n) is 3.33. The lowest BCUT2D eigenvalue weighted by Crippen LogP contribution is -2.13. The Kier molecular flexibility index (Phi) is 4.59. The van der Waals surface area contributed by atoms with Gasteiger partial charge < -0.3 is 14.6 Å². The van der Waals surface area contributed by atoms with Gasteiger partial charge in [0.05, 0.1) is 20.1 Å². The zero-order chi connectivity index (χ0) is 13.9. The maximum Gasteiger partial charge on any atom is 0.311 e. The second-order valence-electron chi connectivity index (χ2n) is 4.25. The van der Waals surface area contributed by atoms with Crippen LogP contribution in [0, 0.1) is 13.8 Å². The van der Waals surface area contributed by atoms with E-state index >= 15 is 0 Å². The van der Waals surface area contributed by atoms with Crippen LogP contribution in [0.3, 0.4) is 0 Å². The van der Waals surface area contributed by atoms with Gasteiger partial charge in [-0.15, -0.1) is 0 Å². The number of hydrogen-bond donors (Lipinski definition) is 1. The molecule has 0 aliphatic rings. The molecular formula is C14H20O4. The summed E-state index contributed by atoms with van der Waals surface area (Å²) in [7, 11) is 3.14. The molecule has 4 nitrogen and oxygen atoms in total. The summed E-state index contributed by atoms with van der Waals surface area (Å²) >= 11 is 0. The minimum absolute atomic E-state index is 0.511. The molecule has 0 aliphatic heterocycles. The molecule has 1 aromatic carbocycles. The second kappa shape index (κ2) is 5.76. The molecule has 1 rings (SSSR count). The quantitative estimate of drug-likeness (QED) is 0.875. The molecule has 1 aromatic rings. The highest BCUT2D eigenvalue weighted by molar-refractivity contribution is 5.78. The lowest BCUT2D eigenvalue weighted by Gasteiger charge is -2.20. The summed E-state index contributed by atoms with van der Waals surface area (Å²) in [5, 5.41) is 9.27. The smallest absolute Gasteiger partial charge is 0.311 e. The zero-order valence-corrected chi connectivity index (χ0v) is 11.5. The van der Waals surface area contributed by atoms with E-state index in [4.69, 9.17) is 9.47 Å². The van der Waals surface area contributed by atoms with Gasteiger partial charge in [0, 0.05) is 5.56 Å². The van der Waals surface area contributed by atoms with Crippen LogP contribution in [0.1, 0.15) is 36.0 Å². The molecule has 0 aliphatic carbocycles. The number of carboxylic acids is 1. The molecule has 0 heterocycles. The SMILES string of the molecule is CCC(C(=O)O)c1cc(OC)c(C)c(C)c1OC. The highest BCUT2D eigenvalue weighted by Crippen LogP contribution is 2.38. The number of carbonyl (C=O) groups is 1. The van der Waals surface area contributed by atoms with Crippen molar-refractivity contribution in [2.45, 2.75) is 33.1 Å². The van der Waals surface area contributed by atoms with Crippen molar-refractivity contribution in [2.75, 3.05) is 14.2 Å². The third kappa shape index (κ3) is 2.42. The van der Waals surface area contributed by atoms with Crippen LogP contribution in [-0.4, -0.2) is 25.3 Å². The summed E-state index contributed by atoms with van der Waals surface area (Å²) in [6, 6.07) is 1.77. The first-order chi connectivity index (χ1) is 8.47. The van der Waals surface area contributed by atoms with Gasteiger partial charge >= 0.3 is 5.97 Å². The summed E-state index contributed by atoms with van der Waals surface area (Å²) in [6.45, 7) is 5.69. The Morgan fingerprint density at radius 3 is 2.28 bits per heavy atom. The molecule has 0 fully saturated rings. The molecule has 1 atom stereocenters. The number of ether oxygens (including phenoxy) is 2. The van der Waals surface area contributed by atoms with Gasteiger partial charge in [0.2, 0.25) is 0 Å². The Labute approximate surface area is 108 Å². The predicted molar refractivity (Wildman–Crippen MR) is 69.7 cm³/mol. The van der Waals surface area contributed by atoms with E-state index in [0.717, 1.165) is 11.1 Å².